The average Bonchev–Trinajstić information content (AvgIpc) is 2.60. The number of piperazine rings is 1. The van der Waals surface area contributed by atoms with Crippen LogP contribution in [0.25, 0.3) is 0 Å². The van der Waals surface area contributed by atoms with Crippen molar-refractivity contribution in [2.24, 2.45) is 0 Å². The molecule has 1 aromatic carbocycles. The minimum Gasteiger partial charge on any atom is -0.369 e. The van der Waals surface area contributed by atoms with Crippen LogP contribution >= 0.6 is 0 Å². The van der Waals surface area contributed by atoms with Gasteiger partial charge in [-0.15, -0.1) is 0 Å². The van der Waals surface area contributed by atoms with E-state index in [1.807, 2.05) is 19.1 Å². The Morgan fingerprint density at radius 3 is 2.28 bits per heavy atom. The number of carbonyl (C=O) groups is 2. The van der Waals surface area contributed by atoms with E-state index in [0.717, 1.165) is 38.3 Å². The van der Waals surface area contributed by atoms with Crippen LogP contribution in [-0.4, -0.2) is 67.9 Å². The molecule has 0 saturated carbocycles. The number of hydrogen-bond donors (Lipinski definition) is 1. The normalized spacial score (nSPS) is 15.1. The van der Waals surface area contributed by atoms with Crippen molar-refractivity contribution in [2.75, 3.05) is 56.5 Å². The highest BCUT2D eigenvalue weighted by molar-refractivity contribution is 5.91. The monoisotopic (exact) mass is 346 g/mol. The maximum atomic E-state index is 12.1. The number of hydrogen-bond acceptors (Lipinski definition) is 4. The fourth-order valence-electron chi connectivity index (χ4n) is 2.98. The van der Waals surface area contributed by atoms with Crippen LogP contribution in [0.3, 0.4) is 0 Å². The molecule has 1 saturated heterocycles. The summed E-state index contributed by atoms with van der Waals surface area (Å²) in [6.07, 6.45) is 1.22. The van der Waals surface area contributed by atoms with Gasteiger partial charge in [-0.3, -0.25) is 9.59 Å². The second-order valence-electron chi connectivity index (χ2n) is 6.64. The van der Waals surface area contributed by atoms with E-state index in [2.05, 4.69) is 34.3 Å². The van der Waals surface area contributed by atoms with Crippen LogP contribution in [0.2, 0.25) is 0 Å². The lowest BCUT2D eigenvalue weighted by Crippen LogP contribution is -2.44. The van der Waals surface area contributed by atoms with Crippen LogP contribution in [0.5, 0.6) is 0 Å². The summed E-state index contributed by atoms with van der Waals surface area (Å²) in [4.78, 5) is 30.0. The van der Waals surface area contributed by atoms with Crippen LogP contribution in [0, 0.1) is 0 Å². The molecule has 1 aromatic rings. The molecule has 1 N–H and O–H groups in total. The van der Waals surface area contributed by atoms with E-state index in [4.69, 9.17) is 0 Å². The van der Waals surface area contributed by atoms with Gasteiger partial charge in [0.25, 0.3) is 0 Å². The largest absolute Gasteiger partial charge is 0.369 e. The zero-order valence-corrected chi connectivity index (χ0v) is 15.6. The van der Waals surface area contributed by atoms with E-state index in [-0.39, 0.29) is 11.8 Å². The fraction of sp³-hybridized carbons (Fsp3) is 0.579. The van der Waals surface area contributed by atoms with Gasteiger partial charge in [0, 0.05) is 64.0 Å². The molecule has 0 unspecified atom stereocenters. The Morgan fingerprint density at radius 2 is 1.72 bits per heavy atom. The molecule has 0 bridgehead atoms. The van der Waals surface area contributed by atoms with Gasteiger partial charge in [-0.05, 0) is 37.7 Å². The number of amides is 2. The number of nitrogens with one attached hydrogen (secondary N) is 1. The molecule has 138 valence electrons. The minimum absolute atomic E-state index is 0.0196. The first kappa shape index (κ1) is 19.2. The highest BCUT2D eigenvalue weighted by Gasteiger charge is 2.14. The molecule has 1 heterocycles. The summed E-state index contributed by atoms with van der Waals surface area (Å²) >= 11 is 0. The Kier molecular flexibility index (Phi) is 7.25. The zero-order chi connectivity index (χ0) is 18.2. The molecule has 1 fully saturated rings. The predicted molar refractivity (Wildman–Crippen MR) is 102 cm³/mol. The molecule has 0 aliphatic carbocycles. The SMILES string of the molecule is CCCN(CCC(=O)Nc1ccc(N2CCN(C)CC2)cc1)C(C)=O. The molecular formula is C19H30N4O2. The number of rotatable bonds is 7. The molecule has 6 nitrogen and oxygen atoms in total. The van der Waals surface area contributed by atoms with Gasteiger partial charge in [0.2, 0.25) is 11.8 Å². The quantitative estimate of drug-likeness (QED) is 0.821. The molecule has 2 amide bonds. The first-order valence-electron chi connectivity index (χ1n) is 9.08. The van der Waals surface area contributed by atoms with Crippen molar-refractivity contribution >= 4 is 23.2 Å². The zero-order valence-electron chi connectivity index (χ0n) is 15.6. The van der Waals surface area contributed by atoms with Crippen molar-refractivity contribution < 1.29 is 9.59 Å². The van der Waals surface area contributed by atoms with E-state index >= 15 is 0 Å². The number of benzene rings is 1. The summed E-state index contributed by atoms with van der Waals surface area (Å²) in [7, 11) is 2.14. The van der Waals surface area contributed by atoms with Gasteiger partial charge in [-0.2, -0.15) is 0 Å². The first-order valence-corrected chi connectivity index (χ1v) is 9.08. The molecule has 0 atom stereocenters. The van der Waals surface area contributed by atoms with Gasteiger partial charge >= 0.3 is 0 Å². The number of nitrogens with zero attached hydrogens (tertiary/aromatic N) is 3. The third-order valence-electron chi connectivity index (χ3n) is 4.57. The minimum atomic E-state index is -0.0605. The summed E-state index contributed by atoms with van der Waals surface area (Å²) in [5.41, 5.74) is 1.99. The predicted octanol–water partition coefficient (Wildman–Crippen LogP) is 2.03. The molecule has 1 aliphatic heterocycles. The Morgan fingerprint density at radius 1 is 1.08 bits per heavy atom. The standard InChI is InChI=1S/C19H30N4O2/c1-4-10-22(16(2)24)11-9-19(25)20-17-5-7-18(8-6-17)23-14-12-21(3)13-15-23/h5-8H,4,9-15H2,1-3H3,(H,20,25). The smallest absolute Gasteiger partial charge is 0.226 e. The van der Waals surface area contributed by atoms with Crippen molar-refractivity contribution in [2.45, 2.75) is 26.7 Å². The van der Waals surface area contributed by atoms with Gasteiger partial charge in [0.1, 0.15) is 0 Å². The molecule has 0 aromatic heterocycles. The molecule has 25 heavy (non-hydrogen) atoms. The van der Waals surface area contributed by atoms with Crippen LogP contribution in [0.15, 0.2) is 24.3 Å². The lowest BCUT2D eigenvalue weighted by atomic mass is 10.2. The molecular weight excluding hydrogens is 316 g/mol. The average molecular weight is 346 g/mol. The molecule has 1 aliphatic rings. The maximum Gasteiger partial charge on any atom is 0.226 e. The van der Waals surface area contributed by atoms with Gasteiger partial charge < -0.3 is 20.0 Å². The molecule has 6 heteroatoms. The van der Waals surface area contributed by atoms with E-state index in [9.17, 15) is 9.59 Å². The van der Waals surface area contributed by atoms with Crippen molar-refractivity contribution in [3.63, 3.8) is 0 Å². The summed E-state index contributed by atoms with van der Waals surface area (Å²) in [6.45, 7) is 8.94. The lowest BCUT2D eigenvalue weighted by Gasteiger charge is -2.34. The third kappa shape index (κ3) is 6.05. The number of likely N-dealkylation sites (N-methyl/N-ethyl adjacent to an activating group) is 1. The van der Waals surface area contributed by atoms with Crippen LogP contribution in [0.4, 0.5) is 11.4 Å². The lowest BCUT2D eigenvalue weighted by molar-refractivity contribution is -0.129. The van der Waals surface area contributed by atoms with Crippen LogP contribution in [0.1, 0.15) is 26.7 Å². The van der Waals surface area contributed by atoms with Crippen LogP contribution in [-0.2, 0) is 9.59 Å². The second-order valence-corrected chi connectivity index (χ2v) is 6.64. The van der Waals surface area contributed by atoms with E-state index < -0.39 is 0 Å². The maximum absolute atomic E-state index is 12.1. The van der Waals surface area contributed by atoms with Crippen LogP contribution < -0.4 is 10.2 Å². The van der Waals surface area contributed by atoms with E-state index in [1.54, 1.807) is 11.8 Å². The van der Waals surface area contributed by atoms with Gasteiger partial charge in [0.15, 0.2) is 0 Å². The summed E-state index contributed by atoms with van der Waals surface area (Å²) in [6, 6.07) is 8.00. The summed E-state index contributed by atoms with van der Waals surface area (Å²) < 4.78 is 0. The van der Waals surface area contributed by atoms with Crippen molar-refractivity contribution in [1.29, 1.82) is 0 Å². The summed E-state index contributed by atoms with van der Waals surface area (Å²) in [5.74, 6) is -0.0409. The Labute approximate surface area is 150 Å². The van der Waals surface area contributed by atoms with Crippen molar-refractivity contribution in [3.05, 3.63) is 24.3 Å². The Balaban J connectivity index is 1.82. The van der Waals surface area contributed by atoms with Gasteiger partial charge in [-0.25, -0.2) is 0 Å². The van der Waals surface area contributed by atoms with Crippen molar-refractivity contribution in [1.82, 2.24) is 9.80 Å². The number of carbonyl (C=O) groups excluding carboxylic acids is 2. The van der Waals surface area contributed by atoms with E-state index in [0.29, 0.717) is 19.5 Å². The number of anilines is 2. The molecule has 0 radical (unpaired) electrons. The topological polar surface area (TPSA) is 55.9 Å². The second kappa shape index (κ2) is 9.42. The Hall–Kier alpha value is -2.08. The Bertz CT molecular complexity index is 565. The summed E-state index contributed by atoms with van der Waals surface area (Å²) in [5, 5.41) is 2.91. The molecule has 2 rings (SSSR count). The van der Waals surface area contributed by atoms with E-state index in [1.165, 1.54) is 5.69 Å². The molecule has 0 spiro atoms. The van der Waals surface area contributed by atoms with Gasteiger partial charge in [-0.1, -0.05) is 6.92 Å². The fourth-order valence-corrected chi connectivity index (χ4v) is 2.98. The first-order chi connectivity index (χ1) is 12.0. The highest BCUT2D eigenvalue weighted by Crippen LogP contribution is 2.19. The van der Waals surface area contributed by atoms with Gasteiger partial charge in [0.05, 0.1) is 0 Å². The van der Waals surface area contributed by atoms with Crippen molar-refractivity contribution in [3.8, 4) is 0 Å². The highest BCUT2D eigenvalue weighted by atomic mass is 16.2. The third-order valence-corrected chi connectivity index (χ3v) is 4.57.